The number of hydrogen-bond donors (Lipinski definition) is 2. The molecule has 18 heavy (non-hydrogen) atoms. The highest BCUT2D eigenvalue weighted by Gasteiger charge is 2.30. The molecule has 0 bridgehead atoms. The maximum absolute atomic E-state index is 11.8. The molecule has 5 heteroatoms. The summed E-state index contributed by atoms with van der Waals surface area (Å²) >= 11 is 5.42. The molecule has 2 unspecified atom stereocenters. The molecule has 1 heterocycles. The fraction of sp³-hybridized carbons (Fsp3) is 0.462. The number of nitrogens with one attached hydrogen (secondary N) is 2. The molecule has 0 saturated carbocycles. The van der Waals surface area contributed by atoms with Crippen LogP contribution in [0.15, 0.2) is 21.5 Å². The number of likely N-dealkylation sites (N-methyl/N-ethyl adjacent to an activating group) is 1. The van der Waals surface area contributed by atoms with Gasteiger partial charge in [-0.15, -0.1) is 11.8 Å². The SMILES string of the molecule is CCC(C)Sc1cc2c(cc1Br)C(NC)C(=O)N2. The highest BCUT2D eigenvalue weighted by Crippen LogP contribution is 2.40. The van der Waals surface area contributed by atoms with Gasteiger partial charge in [0.15, 0.2) is 0 Å². The zero-order valence-corrected chi connectivity index (χ0v) is 13.1. The molecule has 0 aliphatic carbocycles. The Hall–Kier alpha value is -0.520. The van der Waals surface area contributed by atoms with Gasteiger partial charge in [0.1, 0.15) is 6.04 Å². The van der Waals surface area contributed by atoms with Gasteiger partial charge in [0.25, 0.3) is 0 Å². The minimum atomic E-state index is -0.237. The lowest BCUT2D eigenvalue weighted by Crippen LogP contribution is -2.23. The van der Waals surface area contributed by atoms with E-state index in [1.54, 1.807) is 7.05 Å². The van der Waals surface area contributed by atoms with E-state index in [1.165, 1.54) is 4.90 Å². The van der Waals surface area contributed by atoms with Crippen molar-refractivity contribution in [2.75, 3.05) is 12.4 Å². The van der Waals surface area contributed by atoms with Crippen LogP contribution in [-0.2, 0) is 4.79 Å². The summed E-state index contributed by atoms with van der Waals surface area (Å²) in [7, 11) is 1.80. The molecule has 0 spiro atoms. The number of amides is 1. The standard InChI is InChI=1S/C13H17BrN2OS/c1-4-7(2)18-11-6-10-8(5-9(11)14)12(15-3)13(17)16-10/h5-7,12,15H,4H2,1-3H3,(H,16,17). The molecule has 0 radical (unpaired) electrons. The second kappa shape index (κ2) is 5.63. The van der Waals surface area contributed by atoms with Crippen molar-refractivity contribution in [3.05, 3.63) is 22.2 Å². The molecule has 2 rings (SSSR count). The first-order chi connectivity index (χ1) is 8.56. The van der Waals surface area contributed by atoms with Crippen LogP contribution < -0.4 is 10.6 Å². The highest BCUT2D eigenvalue weighted by molar-refractivity contribution is 9.10. The van der Waals surface area contributed by atoms with E-state index in [0.29, 0.717) is 5.25 Å². The first-order valence-corrected chi connectivity index (χ1v) is 7.72. The maximum Gasteiger partial charge on any atom is 0.246 e. The van der Waals surface area contributed by atoms with Gasteiger partial charge in [-0.1, -0.05) is 13.8 Å². The van der Waals surface area contributed by atoms with Crippen molar-refractivity contribution in [3.8, 4) is 0 Å². The van der Waals surface area contributed by atoms with Crippen molar-refractivity contribution in [3.63, 3.8) is 0 Å². The topological polar surface area (TPSA) is 41.1 Å². The molecular weight excluding hydrogens is 312 g/mol. The van der Waals surface area contributed by atoms with E-state index in [0.717, 1.165) is 22.1 Å². The van der Waals surface area contributed by atoms with Crippen LogP contribution in [0.5, 0.6) is 0 Å². The van der Waals surface area contributed by atoms with Gasteiger partial charge in [-0.25, -0.2) is 0 Å². The average Bonchev–Trinajstić information content (AvgIpc) is 2.64. The van der Waals surface area contributed by atoms with E-state index in [4.69, 9.17) is 0 Å². The van der Waals surface area contributed by atoms with Crippen molar-refractivity contribution in [2.45, 2.75) is 36.5 Å². The van der Waals surface area contributed by atoms with Crippen molar-refractivity contribution in [1.29, 1.82) is 0 Å². The average molecular weight is 329 g/mol. The van der Waals surface area contributed by atoms with Crippen molar-refractivity contribution in [1.82, 2.24) is 5.32 Å². The molecule has 1 aromatic rings. The number of fused-ring (bicyclic) bond motifs is 1. The Morgan fingerprint density at radius 1 is 1.56 bits per heavy atom. The van der Waals surface area contributed by atoms with Crippen molar-refractivity contribution in [2.24, 2.45) is 0 Å². The zero-order valence-electron chi connectivity index (χ0n) is 10.7. The minimum absolute atomic E-state index is 0.0186. The van der Waals surface area contributed by atoms with Gasteiger partial charge in [0.05, 0.1) is 0 Å². The van der Waals surface area contributed by atoms with Crippen LogP contribution in [0, 0.1) is 0 Å². The molecule has 1 aliphatic heterocycles. The number of thioether (sulfide) groups is 1. The molecule has 1 amide bonds. The van der Waals surface area contributed by atoms with E-state index in [9.17, 15) is 4.79 Å². The Labute approximate surface area is 120 Å². The largest absolute Gasteiger partial charge is 0.324 e. The Bertz CT molecular complexity index is 478. The summed E-state index contributed by atoms with van der Waals surface area (Å²) in [6, 6.07) is 3.86. The fourth-order valence-electron chi connectivity index (χ4n) is 1.94. The summed E-state index contributed by atoms with van der Waals surface area (Å²) < 4.78 is 1.06. The van der Waals surface area contributed by atoms with Gasteiger partial charge in [-0.3, -0.25) is 4.79 Å². The molecule has 2 atom stereocenters. The van der Waals surface area contributed by atoms with Gasteiger partial charge < -0.3 is 10.6 Å². The highest BCUT2D eigenvalue weighted by atomic mass is 79.9. The molecule has 3 nitrogen and oxygen atoms in total. The number of rotatable bonds is 4. The van der Waals surface area contributed by atoms with Gasteiger partial charge in [0, 0.05) is 25.9 Å². The summed E-state index contributed by atoms with van der Waals surface area (Å²) in [4.78, 5) is 12.9. The van der Waals surface area contributed by atoms with E-state index in [2.05, 4.69) is 46.5 Å². The molecule has 2 N–H and O–H groups in total. The van der Waals surface area contributed by atoms with Crippen LogP contribution in [0.25, 0.3) is 0 Å². The van der Waals surface area contributed by atoms with Crippen LogP contribution in [0.1, 0.15) is 31.9 Å². The minimum Gasteiger partial charge on any atom is -0.324 e. The summed E-state index contributed by atoms with van der Waals surface area (Å²) in [5.41, 5.74) is 1.94. The summed E-state index contributed by atoms with van der Waals surface area (Å²) in [6.07, 6.45) is 1.12. The third-order valence-electron chi connectivity index (χ3n) is 3.13. The molecule has 98 valence electrons. The predicted octanol–water partition coefficient (Wildman–Crippen LogP) is 3.55. The number of anilines is 1. The number of carbonyl (C=O) groups is 1. The molecule has 0 aromatic heterocycles. The molecule has 1 aromatic carbocycles. The molecule has 1 aliphatic rings. The monoisotopic (exact) mass is 328 g/mol. The molecular formula is C13H17BrN2OS. The predicted molar refractivity (Wildman–Crippen MR) is 80.2 cm³/mol. The Morgan fingerprint density at radius 3 is 2.89 bits per heavy atom. The van der Waals surface area contributed by atoms with Gasteiger partial charge >= 0.3 is 0 Å². The lowest BCUT2D eigenvalue weighted by molar-refractivity contribution is -0.117. The lowest BCUT2D eigenvalue weighted by Gasteiger charge is -2.13. The number of halogens is 1. The van der Waals surface area contributed by atoms with E-state index < -0.39 is 0 Å². The second-order valence-corrected chi connectivity index (χ2v) is 6.75. The third-order valence-corrected chi connectivity index (χ3v) is 5.37. The van der Waals surface area contributed by atoms with Crippen LogP contribution >= 0.6 is 27.7 Å². The third kappa shape index (κ3) is 2.58. The van der Waals surface area contributed by atoms with E-state index in [1.807, 2.05) is 17.8 Å². The van der Waals surface area contributed by atoms with Crippen LogP contribution in [0.2, 0.25) is 0 Å². The summed E-state index contributed by atoms with van der Waals surface area (Å²) in [6.45, 7) is 4.39. The normalized spacial score (nSPS) is 19.6. The van der Waals surface area contributed by atoms with E-state index >= 15 is 0 Å². The Morgan fingerprint density at radius 2 is 2.28 bits per heavy atom. The fourth-order valence-corrected chi connectivity index (χ4v) is 3.54. The van der Waals surface area contributed by atoms with Crippen LogP contribution in [0.4, 0.5) is 5.69 Å². The Balaban J connectivity index is 2.33. The second-order valence-electron chi connectivity index (χ2n) is 4.42. The number of carbonyl (C=O) groups excluding carboxylic acids is 1. The molecule has 0 fully saturated rings. The van der Waals surface area contributed by atoms with Gasteiger partial charge in [0.2, 0.25) is 5.91 Å². The smallest absolute Gasteiger partial charge is 0.246 e. The van der Waals surface area contributed by atoms with Crippen molar-refractivity contribution < 1.29 is 4.79 Å². The summed E-state index contributed by atoms with van der Waals surface area (Å²) in [5.74, 6) is 0.0186. The summed E-state index contributed by atoms with van der Waals surface area (Å²) in [5, 5.41) is 6.52. The number of hydrogen-bond acceptors (Lipinski definition) is 3. The van der Waals surface area contributed by atoms with Crippen LogP contribution in [0.3, 0.4) is 0 Å². The number of benzene rings is 1. The van der Waals surface area contributed by atoms with Crippen molar-refractivity contribution >= 4 is 39.3 Å². The first kappa shape index (κ1) is 13.9. The molecule has 0 saturated heterocycles. The van der Waals surface area contributed by atoms with Crippen LogP contribution in [-0.4, -0.2) is 18.2 Å². The van der Waals surface area contributed by atoms with Gasteiger partial charge in [-0.2, -0.15) is 0 Å². The lowest BCUT2D eigenvalue weighted by atomic mass is 10.1. The Kier molecular flexibility index (Phi) is 4.35. The maximum atomic E-state index is 11.8. The first-order valence-electron chi connectivity index (χ1n) is 6.05. The van der Waals surface area contributed by atoms with Gasteiger partial charge in [-0.05, 0) is 41.5 Å². The zero-order chi connectivity index (χ0) is 13.3. The van der Waals surface area contributed by atoms with E-state index in [-0.39, 0.29) is 11.9 Å². The quantitative estimate of drug-likeness (QED) is 0.830.